The molecule has 32 heavy (non-hydrogen) atoms. The van der Waals surface area contributed by atoms with Crippen molar-refractivity contribution < 1.29 is 9.18 Å². The van der Waals surface area contributed by atoms with E-state index in [-0.39, 0.29) is 17.6 Å². The van der Waals surface area contributed by atoms with Crippen LogP contribution in [0.5, 0.6) is 0 Å². The fourth-order valence-corrected chi connectivity index (χ4v) is 3.59. The van der Waals surface area contributed by atoms with E-state index in [0.717, 1.165) is 10.9 Å². The summed E-state index contributed by atoms with van der Waals surface area (Å²) in [6.45, 7) is 1.22. The van der Waals surface area contributed by atoms with Crippen LogP contribution in [0.25, 0.3) is 10.9 Å². The summed E-state index contributed by atoms with van der Waals surface area (Å²) in [5.74, 6) is 0.600. The molecule has 1 N–H and O–H groups in total. The molecule has 158 valence electrons. The van der Waals surface area contributed by atoms with E-state index >= 15 is 0 Å². The smallest absolute Gasteiger partial charge is 0.255 e. The van der Waals surface area contributed by atoms with E-state index in [4.69, 9.17) is 5.26 Å². The number of likely N-dealkylation sites (tertiary alicyclic amines) is 1. The molecule has 1 aliphatic heterocycles. The molecule has 0 bridgehead atoms. The van der Waals surface area contributed by atoms with Crippen molar-refractivity contribution in [1.82, 2.24) is 24.6 Å². The lowest BCUT2D eigenvalue weighted by Gasteiger charge is -2.35. The van der Waals surface area contributed by atoms with Crippen molar-refractivity contribution in [3.05, 3.63) is 78.0 Å². The van der Waals surface area contributed by atoms with Gasteiger partial charge in [-0.3, -0.25) is 9.48 Å². The summed E-state index contributed by atoms with van der Waals surface area (Å²) in [5, 5.41) is 17.2. The Balaban J connectivity index is 1.32. The molecule has 4 aromatic rings. The lowest BCUT2D eigenvalue weighted by Crippen LogP contribution is -2.49. The summed E-state index contributed by atoms with van der Waals surface area (Å²) in [5.41, 5.74) is 1.83. The van der Waals surface area contributed by atoms with Crippen molar-refractivity contribution in [3.8, 4) is 6.07 Å². The zero-order chi connectivity index (χ0) is 22.1. The van der Waals surface area contributed by atoms with Crippen molar-refractivity contribution in [3.63, 3.8) is 0 Å². The van der Waals surface area contributed by atoms with Crippen LogP contribution in [0.2, 0.25) is 0 Å². The lowest BCUT2D eigenvalue weighted by molar-refractivity contribution is 0.0577. The molecular weight excluding hydrogens is 409 g/mol. The van der Waals surface area contributed by atoms with Crippen molar-refractivity contribution in [2.24, 2.45) is 5.92 Å². The molecule has 9 heteroatoms. The van der Waals surface area contributed by atoms with Gasteiger partial charge in [-0.2, -0.15) is 10.4 Å². The predicted octanol–water partition coefficient (Wildman–Crippen LogP) is 3.35. The molecule has 8 nitrogen and oxygen atoms in total. The molecule has 4 heterocycles. The number of carbonyl (C=O) groups excluding carboxylic acids is 1. The fourth-order valence-electron chi connectivity index (χ4n) is 3.59. The number of benzene rings is 1. The zero-order valence-corrected chi connectivity index (χ0v) is 16.9. The Labute approximate surface area is 182 Å². The minimum Gasteiger partial charge on any atom is -0.336 e. The van der Waals surface area contributed by atoms with E-state index in [0.29, 0.717) is 42.4 Å². The van der Waals surface area contributed by atoms with Crippen LogP contribution in [0.4, 0.5) is 16.0 Å². The van der Waals surface area contributed by atoms with E-state index in [1.54, 1.807) is 52.3 Å². The molecule has 0 radical (unpaired) electrons. The topological polar surface area (TPSA) is 99.7 Å². The van der Waals surface area contributed by atoms with Crippen LogP contribution in [0.15, 0.2) is 61.1 Å². The molecule has 3 aromatic heterocycles. The number of pyridine rings is 2. The summed E-state index contributed by atoms with van der Waals surface area (Å²) >= 11 is 0. The summed E-state index contributed by atoms with van der Waals surface area (Å²) in [4.78, 5) is 22.7. The quantitative estimate of drug-likeness (QED) is 0.524. The SMILES string of the molecule is N#CC1CN(C(=O)c2ccc(Nc3cc4c(cn3)cnn4Cc3ccccc3F)nc2)C1. The van der Waals surface area contributed by atoms with Crippen LogP contribution < -0.4 is 5.32 Å². The highest BCUT2D eigenvalue weighted by atomic mass is 19.1. The summed E-state index contributed by atoms with van der Waals surface area (Å²) in [7, 11) is 0. The van der Waals surface area contributed by atoms with Gasteiger partial charge in [0.25, 0.3) is 5.91 Å². The number of nitriles is 1. The monoisotopic (exact) mass is 427 g/mol. The first-order valence-electron chi connectivity index (χ1n) is 10.1. The van der Waals surface area contributed by atoms with Gasteiger partial charge in [0, 0.05) is 42.5 Å². The molecular formula is C23H18FN7O. The Morgan fingerprint density at radius 3 is 2.69 bits per heavy atom. The third-order valence-corrected chi connectivity index (χ3v) is 5.42. The summed E-state index contributed by atoms with van der Waals surface area (Å²) in [6.07, 6.45) is 4.89. The molecule has 1 amide bonds. The van der Waals surface area contributed by atoms with Crippen LogP contribution >= 0.6 is 0 Å². The van der Waals surface area contributed by atoms with Crippen molar-refractivity contribution in [2.45, 2.75) is 6.54 Å². The Hall–Kier alpha value is -4.32. The van der Waals surface area contributed by atoms with Gasteiger partial charge in [-0.05, 0) is 18.2 Å². The van der Waals surface area contributed by atoms with E-state index in [2.05, 4.69) is 26.5 Å². The van der Waals surface area contributed by atoms with Gasteiger partial charge in [0.1, 0.15) is 17.5 Å². The maximum Gasteiger partial charge on any atom is 0.255 e. The molecule has 0 aliphatic carbocycles. The molecule has 1 saturated heterocycles. The molecule has 1 fully saturated rings. The number of nitrogens with one attached hydrogen (secondary N) is 1. The Morgan fingerprint density at radius 1 is 1.12 bits per heavy atom. The van der Waals surface area contributed by atoms with Gasteiger partial charge in [0.05, 0.1) is 35.8 Å². The fraction of sp³-hybridized carbons (Fsp3) is 0.174. The van der Waals surface area contributed by atoms with E-state index < -0.39 is 0 Å². The second kappa shape index (κ2) is 8.07. The first-order valence-corrected chi connectivity index (χ1v) is 10.1. The second-order valence-corrected chi connectivity index (χ2v) is 7.62. The standard InChI is InChI=1S/C23H18FN7O/c24-19-4-2-1-3-17(19)14-31-20-7-22(27-10-18(20)11-28-31)29-21-6-5-16(9-26-21)23(32)30-12-15(8-25)13-30/h1-7,9-11,15H,12-14H2,(H,26,27,29). The van der Waals surface area contributed by atoms with Crippen molar-refractivity contribution in [1.29, 1.82) is 5.26 Å². The Kier molecular flexibility index (Phi) is 4.95. The summed E-state index contributed by atoms with van der Waals surface area (Å²) < 4.78 is 15.8. The molecule has 0 saturated carbocycles. The maximum atomic E-state index is 14.0. The van der Waals surface area contributed by atoms with Gasteiger partial charge in [0.2, 0.25) is 0 Å². The van der Waals surface area contributed by atoms with Crippen LogP contribution in [-0.4, -0.2) is 43.6 Å². The molecule has 0 spiro atoms. The number of hydrogen-bond donors (Lipinski definition) is 1. The van der Waals surface area contributed by atoms with E-state index in [1.165, 1.54) is 12.3 Å². The Bertz CT molecular complexity index is 1340. The highest BCUT2D eigenvalue weighted by Crippen LogP contribution is 2.22. The lowest BCUT2D eigenvalue weighted by atomic mass is 10.0. The van der Waals surface area contributed by atoms with Crippen LogP contribution in [0, 0.1) is 23.1 Å². The number of anilines is 2. The van der Waals surface area contributed by atoms with Crippen LogP contribution in [0.1, 0.15) is 15.9 Å². The number of fused-ring (bicyclic) bond motifs is 1. The first-order chi connectivity index (χ1) is 15.6. The van der Waals surface area contributed by atoms with Gasteiger partial charge >= 0.3 is 0 Å². The van der Waals surface area contributed by atoms with Crippen LogP contribution in [0.3, 0.4) is 0 Å². The van der Waals surface area contributed by atoms with Gasteiger partial charge < -0.3 is 10.2 Å². The minimum atomic E-state index is -0.274. The molecule has 1 aliphatic rings. The van der Waals surface area contributed by atoms with Crippen molar-refractivity contribution in [2.75, 3.05) is 18.4 Å². The molecule has 5 rings (SSSR count). The van der Waals surface area contributed by atoms with E-state index in [9.17, 15) is 9.18 Å². The number of aromatic nitrogens is 4. The van der Waals surface area contributed by atoms with E-state index in [1.807, 2.05) is 6.07 Å². The number of carbonyl (C=O) groups is 1. The van der Waals surface area contributed by atoms with Gasteiger partial charge in [-0.15, -0.1) is 0 Å². The van der Waals surface area contributed by atoms with Gasteiger partial charge in [0.15, 0.2) is 0 Å². The zero-order valence-electron chi connectivity index (χ0n) is 16.9. The number of rotatable bonds is 5. The normalized spacial score (nSPS) is 13.6. The first kappa shape index (κ1) is 19.6. The highest BCUT2D eigenvalue weighted by Gasteiger charge is 2.31. The molecule has 1 aromatic carbocycles. The molecule has 0 unspecified atom stereocenters. The van der Waals surface area contributed by atoms with Gasteiger partial charge in [-0.1, -0.05) is 18.2 Å². The highest BCUT2D eigenvalue weighted by molar-refractivity contribution is 5.94. The minimum absolute atomic E-state index is 0.0827. The average Bonchev–Trinajstić information content (AvgIpc) is 3.17. The molecule has 0 atom stereocenters. The maximum absolute atomic E-state index is 14.0. The van der Waals surface area contributed by atoms with Crippen LogP contribution in [-0.2, 0) is 6.54 Å². The number of amides is 1. The third kappa shape index (κ3) is 3.74. The Morgan fingerprint density at radius 2 is 1.94 bits per heavy atom. The summed E-state index contributed by atoms with van der Waals surface area (Å²) in [6, 6.07) is 14.0. The number of nitrogens with zero attached hydrogens (tertiary/aromatic N) is 6. The number of hydrogen-bond acceptors (Lipinski definition) is 6. The average molecular weight is 427 g/mol. The number of halogens is 1. The predicted molar refractivity (Wildman–Crippen MR) is 116 cm³/mol. The van der Waals surface area contributed by atoms with Crippen molar-refractivity contribution >= 4 is 28.4 Å². The van der Waals surface area contributed by atoms with Gasteiger partial charge in [-0.25, -0.2) is 14.4 Å². The largest absolute Gasteiger partial charge is 0.336 e. The third-order valence-electron chi connectivity index (χ3n) is 5.42. The second-order valence-electron chi connectivity index (χ2n) is 7.62.